The lowest BCUT2D eigenvalue weighted by atomic mass is 9.77. The quantitative estimate of drug-likeness (QED) is 0.877. The Balaban J connectivity index is 1.99. The van der Waals surface area contributed by atoms with Gasteiger partial charge >= 0.3 is 0 Å². The zero-order valence-corrected chi connectivity index (χ0v) is 13.6. The smallest absolute Gasteiger partial charge is 0.231 e. The Kier molecular flexibility index (Phi) is 5.98. The first-order valence-electron chi connectivity index (χ1n) is 8.17. The molecule has 22 heavy (non-hydrogen) atoms. The van der Waals surface area contributed by atoms with Crippen molar-refractivity contribution >= 4 is 5.91 Å². The van der Waals surface area contributed by atoms with Gasteiger partial charge in [0.15, 0.2) is 0 Å². The highest BCUT2D eigenvalue weighted by molar-refractivity contribution is 5.83. The van der Waals surface area contributed by atoms with Gasteiger partial charge in [0.1, 0.15) is 0 Å². The van der Waals surface area contributed by atoms with Gasteiger partial charge in [0.05, 0.1) is 24.7 Å². The number of ether oxygens (including phenoxy) is 1. The highest BCUT2D eigenvalue weighted by atomic mass is 16.5. The Labute approximate surface area is 133 Å². The molecule has 1 saturated heterocycles. The summed E-state index contributed by atoms with van der Waals surface area (Å²) in [7, 11) is 0. The van der Waals surface area contributed by atoms with Crippen LogP contribution in [-0.4, -0.2) is 48.3 Å². The molecule has 4 heteroatoms. The van der Waals surface area contributed by atoms with Crippen molar-refractivity contribution in [2.24, 2.45) is 5.41 Å². The monoisotopic (exact) mass is 305 g/mol. The van der Waals surface area contributed by atoms with Crippen molar-refractivity contribution in [1.29, 1.82) is 0 Å². The second kappa shape index (κ2) is 7.75. The Hall–Kier alpha value is -1.39. The van der Waals surface area contributed by atoms with Gasteiger partial charge in [0.2, 0.25) is 5.91 Å². The van der Waals surface area contributed by atoms with Crippen LogP contribution in [0.2, 0.25) is 0 Å². The van der Waals surface area contributed by atoms with E-state index >= 15 is 0 Å². The molecule has 2 atom stereocenters. The van der Waals surface area contributed by atoms with Crippen LogP contribution in [0.3, 0.4) is 0 Å². The number of nitrogens with zero attached hydrogens (tertiary/aromatic N) is 1. The molecule has 0 bridgehead atoms. The summed E-state index contributed by atoms with van der Waals surface area (Å²) in [6.45, 7) is 6.29. The molecule has 2 rings (SSSR count). The fourth-order valence-corrected chi connectivity index (χ4v) is 2.92. The number of hydrogen-bond acceptors (Lipinski definition) is 3. The number of hydrogen-bond donors (Lipinski definition) is 1. The van der Waals surface area contributed by atoms with E-state index in [4.69, 9.17) is 4.74 Å². The van der Waals surface area contributed by atoms with Crippen LogP contribution in [0.5, 0.6) is 0 Å². The van der Waals surface area contributed by atoms with Gasteiger partial charge < -0.3 is 14.7 Å². The van der Waals surface area contributed by atoms with Crippen LogP contribution in [0.15, 0.2) is 30.3 Å². The van der Waals surface area contributed by atoms with E-state index in [1.807, 2.05) is 36.9 Å². The molecule has 4 nitrogen and oxygen atoms in total. The number of morpholine rings is 1. The number of aliphatic hydroxyl groups excluding tert-OH is 1. The fourth-order valence-electron chi connectivity index (χ4n) is 2.92. The van der Waals surface area contributed by atoms with Gasteiger partial charge in [0, 0.05) is 13.1 Å². The zero-order chi connectivity index (χ0) is 16.0. The van der Waals surface area contributed by atoms with Crippen molar-refractivity contribution in [2.75, 3.05) is 26.3 Å². The maximum absolute atomic E-state index is 12.8. The molecule has 0 saturated carbocycles. The summed E-state index contributed by atoms with van der Waals surface area (Å²) in [4.78, 5) is 14.6. The second-order valence-corrected chi connectivity index (χ2v) is 6.22. The van der Waals surface area contributed by atoms with Crippen molar-refractivity contribution in [3.05, 3.63) is 35.9 Å². The van der Waals surface area contributed by atoms with Gasteiger partial charge in [-0.1, -0.05) is 37.3 Å². The van der Waals surface area contributed by atoms with Crippen molar-refractivity contribution < 1.29 is 14.6 Å². The number of aryl methyl sites for hydroxylation is 1. The number of amides is 1. The van der Waals surface area contributed by atoms with Crippen LogP contribution in [0.4, 0.5) is 0 Å². The van der Waals surface area contributed by atoms with Crippen molar-refractivity contribution in [3.8, 4) is 0 Å². The Bertz CT molecular complexity index is 470. The van der Waals surface area contributed by atoms with E-state index < -0.39 is 11.5 Å². The molecule has 1 N–H and O–H groups in total. The summed E-state index contributed by atoms with van der Waals surface area (Å²) in [5.74, 6) is 0.0545. The fraction of sp³-hybridized carbons (Fsp3) is 0.611. The molecule has 1 heterocycles. The third kappa shape index (κ3) is 3.87. The number of benzene rings is 1. The SMILES string of the molecule is CC[C@@](C)(C(=O)N1CCOCC1)[C@@H](O)CCc1ccccc1. The van der Waals surface area contributed by atoms with Gasteiger partial charge in [-0.15, -0.1) is 0 Å². The third-order valence-corrected chi connectivity index (χ3v) is 4.81. The molecule has 0 spiro atoms. The lowest BCUT2D eigenvalue weighted by Gasteiger charge is -2.38. The molecule has 1 amide bonds. The summed E-state index contributed by atoms with van der Waals surface area (Å²) in [5.41, 5.74) is 0.477. The van der Waals surface area contributed by atoms with Crippen LogP contribution in [0.25, 0.3) is 0 Å². The van der Waals surface area contributed by atoms with Crippen molar-refractivity contribution in [2.45, 2.75) is 39.2 Å². The van der Waals surface area contributed by atoms with Gasteiger partial charge in [-0.3, -0.25) is 4.79 Å². The molecule has 0 aromatic heterocycles. The average Bonchev–Trinajstić information content (AvgIpc) is 2.59. The summed E-state index contributed by atoms with van der Waals surface area (Å²) in [6, 6.07) is 10.1. The topological polar surface area (TPSA) is 49.8 Å². The lowest BCUT2D eigenvalue weighted by Crippen LogP contribution is -2.52. The first kappa shape index (κ1) is 17.0. The molecule has 1 aromatic carbocycles. The van der Waals surface area contributed by atoms with Crippen LogP contribution in [0, 0.1) is 5.41 Å². The summed E-state index contributed by atoms with van der Waals surface area (Å²) in [6.07, 6.45) is 1.39. The number of aliphatic hydroxyl groups is 1. The highest BCUT2D eigenvalue weighted by Crippen LogP contribution is 2.31. The van der Waals surface area contributed by atoms with Crippen LogP contribution < -0.4 is 0 Å². The predicted octanol–water partition coefficient (Wildman–Crippen LogP) is 2.26. The molecule has 0 radical (unpaired) electrons. The summed E-state index contributed by atoms with van der Waals surface area (Å²) < 4.78 is 5.31. The Morgan fingerprint density at radius 2 is 1.95 bits per heavy atom. The van der Waals surface area contributed by atoms with Crippen LogP contribution in [0.1, 0.15) is 32.3 Å². The molecular weight excluding hydrogens is 278 g/mol. The number of carbonyl (C=O) groups excluding carboxylic acids is 1. The van der Waals surface area contributed by atoms with E-state index in [1.54, 1.807) is 0 Å². The van der Waals surface area contributed by atoms with Crippen LogP contribution in [-0.2, 0) is 16.0 Å². The molecule has 1 aliphatic rings. The maximum Gasteiger partial charge on any atom is 0.231 e. The van der Waals surface area contributed by atoms with Gasteiger partial charge in [0.25, 0.3) is 0 Å². The van der Waals surface area contributed by atoms with Crippen LogP contribution >= 0.6 is 0 Å². The molecule has 0 aliphatic carbocycles. The molecular formula is C18H27NO3. The lowest BCUT2D eigenvalue weighted by molar-refractivity contribution is -0.152. The average molecular weight is 305 g/mol. The summed E-state index contributed by atoms with van der Waals surface area (Å²) in [5, 5.41) is 10.7. The Morgan fingerprint density at radius 3 is 2.55 bits per heavy atom. The van der Waals surface area contributed by atoms with E-state index in [9.17, 15) is 9.90 Å². The number of rotatable bonds is 6. The molecule has 1 fully saturated rings. The normalized spacial score (nSPS) is 19.5. The molecule has 1 aliphatic heterocycles. The first-order valence-corrected chi connectivity index (χ1v) is 8.17. The van der Waals surface area contributed by atoms with Gasteiger partial charge in [-0.05, 0) is 31.7 Å². The van der Waals surface area contributed by atoms with Gasteiger partial charge in [-0.25, -0.2) is 0 Å². The minimum Gasteiger partial charge on any atom is -0.392 e. The van der Waals surface area contributed by atoms with E-state index in [1.165, 1.54) is 5.56 Å². The van der Waals surface area contributed by atoms with Crippen molar-refractivity contribution in [1.82, 2.24) is 4.90 Å². The largest absolute Gasteiger partial charge is 0.392 e. The maximum atomic E-state index is 12.8. The van der Waals surface area contributed by atoms with E-state index in [2.05, 4.69) is 12.1 Å². The zero-order valence-electron chi connectivity index (χ0n) is 13.6. The van der Waals surface area contributed by atoms with Gasteiger partial charge in [-0.2, -0.15) is 0 Å². The standard InChI is InChI=1S/C18H27NO3/c1-3-18(2,17(21)19-11-13-22-14-12-19)16(20)10-9-15-7-5-4-6-8-15/h4-8,16,20H,3,9-14H2,1-2H3/t16-,18+/m0/s1. The number of carbonyl (C=O) groups is 1. The predicted molar refractivity (Wildman–Crippen MR) is 86.6 cm³/mol. The molecule has 122 valence electrons. The molecule has 1 aromatic rings. The third-order valence-electron chi connectivity index (χ3n) is 4.81. The van der Waals surface area contributed by atoms with Crippen molar-refractivity contribution in [3.63, 3.8) is 0 Å². The molecule has 0 unspecified atom stereocenters. The van der Waals surface area contributed by atoms with E-state index in [0.717, 1.165) is 6.42 Å². The Morgan fingerprint density at radius 1 is 1.32 bits per heavy atom. The summed E-state index contributed by atoms with van der Waals surface area (Å²) >= 11 is 0. The van der Waals surface area contributed by atoms with E-state index in [0.29, 0.717) is 39.1 Å². The minimum atomic E-state index is -0.716. The minimum absolute atomic E-state index is 0.0545. The second-order valence-electron chi connectivity index (χ2n) is 6.22. The highest BCUT2D eigenvalue weighted by Gasteiger charge is 2.41. The first-order chi connectivity index (χ1) is 10.6. The van der Waals surface area contributed by atoms with E-state index in [-0.39, 0.29) is 5.91 Å².